The molecule has 1 unspecified atom stereocenters. The molecule has 0 spiro atoms. The summed E-state index contributed by atoms with van der Waals surface area (Å²) in [4.78, 5) is 13.4. The zero-order valence-corrected chi connectivity index (χ0v) is 12.0. The van der Waals surface area contributed by atoms with Gasteiger partial charge in [0.2, 0.25) is 15.9 Å². The van der Waals surface area contributed by atoms with E-state index in [0.717, 1.165) is 25.9 Å². The number of hydrogen-bond donors (Lipinski definition) is 2. The summed E-state index contributed by atoms with van der Waals surface area (Å²) < 4.78 is 25.7. The standard InChI is InChI=1S/C10H19N3O3S2/c1-8(10(11)17)18(15,16)12-5-4-9(14)13-6-2-3-7-13/h8,12H,2-7H2,1H3,(H2,11,17). The van der Waals surface area contributed by atoms with E-state index in [2.05, 4.69) is 16.9 Å². The van der Waals surface area contributed by atoms with Crippen LogP contribution in [0.1, 0.15) is 26.2 Å². The van der Waals surface area contributed by atoms with Gasteiger partial charge in [0.05, 0.1) is 4.99 Å². The first-order valence-electron chi connectivity index (χ1n) is 5.90. The zero-order valence-electron chi connectivity index (χ0n) is 10.4. The van der Waals surface area contributed by atoms with Crippen LogP contribution >= 0.6 is 12.2 Å². The molecule has 1 atom stereocenters. The van der Waals surface area contributed by atoms with Gasteiger partial charge in [-0.2, -0.15) is 0 Å². The maximum Gasteiger partial charge on any atom is 0.223 e. The molecule has 0 aliphatic carbocycles. The highest BCUT2D eigenvalue weighted by molar-refractivity contribution is 7.93. The number of amides is 1. The smallest absolute Gasteiger partial charge is 0.223 e. The molecule has 0 aromatic carbocycles. The van der Waals surface area contributed by atoms with E-state index in [9.17, 15) is 13.2 Å². The summed E-state index contributed by atoms with van der Waals surface area (Å²) in [5.41, 5.74) is 5.29. The summed E-state index contributed by atoms with van der Waals surface area (Å²) >= 11 is 4.64. The third kappa shape index (κ3) is 4.18. The molecular formula is C10H19N3O3S2. The van der Waals surface area contributed by atoms with Crippen molar-refractivity contribution in [2.45, 2.75) is 31.4 Å². The van der Waals surface area contributed by atoms with E-state index in [0.29, 0.717) is 0 Å². The number of thiocarbonyl (C=S) groups is 1. The predicted molar refractivity (Wildman–Crippen MR) is 73.6 cm³/mol. The van der Waals surface area contributed by atoms with Gasteiger partial charge in [-0.15, -0.1) is 0 Å². The normalized spacial score (nSPS) is 17.7. The van der Waals surface area contributed by atoms with E-state index in [1.165, 1.54) is 6.92 Å². The quantitative estimate of drug-likeness (QED) is 0.650. The van der Waals surface area contributed by atoms with Gasteiger partial charge in [-0.3, -0.25) is 4.79 Å². The molecule has 1 fully saturated rings. The van der Waals surface area contributed by atoms with Crippen molar-refractivity contribution in [2.24, 2.45) is 5.73 Å². The largest absolute Gasteiger partial charge is 0.392 e. The molecule has 1 heterocycles. The molecule has 1 aliphatic rings. The minimum Gasteiger partial charge on any atom is -0.392 e. The molecule has 104 valence electrons. The van der Waals surface area contributed by atoms with Crippen molar-refractivity contribution in [3.05, 3.63) is 0 Å². The van der Waals surface area contributed by atoms with Crippen molar-refractivity contribution in [3.63, 3.8) is 0 Å². The van der Waals surface area contributed by atoms with E-state index >= 15 is 0 Å². The molecule has 0 aromatic heterocycles. The van der Waals surface area contributed by atoms with Crippen LogP contribution in [0, 0.1) is 0 Å². The van der Waals surface area contributed by atoms with E-state index in [1.807, 2.05) is 0 Å². The fourth-order valence-corrected chi connectivity index (χ4v) is 3.03. The van der Waals surface area contributed by atoms with Crippen LogP contribution < -0.4 is 10.5 Å². The second kappa shape index (κ2) is 6.44. The van der Waals surface area contributed by atoms with Crippen LogP contribution in [-0.4, -0.2) is 49.1 Å². The summed E-state index contributed by atoms with van der Waals surface area (Å²) in [6, 6.07) is 0. The van der Waals surface area contributed by atoms with Crippen molar-refractivity contribution < 1.29 is 13.2 Å². The molecule has 1 rings (SSSR count). The van der Waals surface area contributed by atoms with E-state index < -0.39 is 15.3 Å². The van der Waals surface area contributed by atoms with Crippen LogP contribution in [0.15, 0.2) is 0 Å². The molecule has 0 saturated carbocycles. The molecule has 8 heteroatoms. The van der Waals surface area contributed by atoms with Gasteiger partial charge in [-0.25, -0.2) is 13.1 Å². The molecular weight excluding hydrogens is 274 g/mol. The van der Waals surface area contributed by atoms with Crippen molar-refractivity contribution >= 4 is 33.1 Å². The lowest BCUT2D eigenvalue weighted by molar-refractivity contribution is -0.129. The van der Waals surface area contributed by atoms with Gasteiger partial charge in [-0.05, 0) is 19.8 Å². The Bertz CT molecular complexity index is 416. The van der Waals surface area contributed by atoms with Crippen LogP contribution in [-0.2, 0) is 14.8 Å². The number of sulfonamides is 1. The molecule has 18 heavy (non-hydrogen) atoms. The highest BCUT2D eigenvalue weighted by Crippen LogP contribution is 2.08. The predicted octanol–water partition coefficient (Wildman–Crippen LogP) is -0.407. The fourth-order valence-electron chi connectivity index (χ4n) is 1.70. The van der Waals surface area contributed by atoms with Crippen molar-refractivity contribution in [1.29, 1.82) is 0 Å². The highest BCUT2D eigenvalue weighted by atomic mass is 32.2. The molecule has 3 N–H and O–H groups in total. The zero-order chi connectivity index (χ0) is 13.8. The maximum absolute atomic E-state index is 11.7. The molecule has 1 saturated heterocycles. The van der Waals surface area contributed by atoms with Crippen LogP contribution in [0.3, 0.4) is 0 Å². The molecule has 0 radical (unpaired) electrons. The third-order valence-electron chi connectivity index (χ3n) is 2.97. The molecule has 0 aromatic rings. The SMILES string of the molecule is CC(C(N)=S)S(=O)(=O)NCCC(=O)N1CCCC1. The third-order valence-corrected chi connectivity index (χ3v) is 5.26. The van der Waals surface area contributed by atoms with E-state index in [4.69, 9.17) is 5.73 Å². The van der Waals surface area contributed by atoms with E-state index in [1.54, 1.807) is 4.90 Å². The molecule has 1 aliphatic heterocycles. The van der Waals surface area contributed by atoms with Crippen molar-refractivity contribution in [2.75, 3.05) is 19.6 Å². The summed E-state index contributed by atoms with van der Waals surface area (Å²) in [7, 11) is -3.57. The average molecular weight is 293 g/mol. The topological polar surface area (TPSA) is 92.5 Å². The van der Waals surface area contributed by atoms with Gasteiger partial charge in [0, 0.05) is 26.1 Å². The Labute approximate surface area is 113 Å². The van der Waals surface area contributed by atoms with E-state index in [-0.39, 0.29) is 23.9 Å². The van der Waals surface area contributed by atoms with Crippen LogP contribution in [0.5, 0.6) is 0 Å². The lowest BCUT2D eigenvalue weighted by Crippen LogP contribution is -2.41. The molecule has 6 nitrogen and oxygen atoms in total. The fraction of sp³-hybridized carbons (Fsp3) is 0.800. The highest BCUT2D eigenvalue weighted by Gasteiger charge is 2.23. The Morgan fingerprint density at radius 3 is 2.50 bits per heavy atom. The number of carbonyl (C=O) groups is 1. The average Bonchev–Trinajstić information content (AvgIpc) is 2.80. The molecule has 1 amide bonds. The number of nitrogens with zero attached hydrogens (tertiary/aromatic N) is 1. The van der Waals surface area contributed by atoms with Gasteiger partial charge >= 0.3 is 0 Å². The maximum atomic E-state index is 11.7. The monoisotopic (exact) mass is 293 g/mol. The van der Waals surface area contributed by atoms with Gasteiger partial charge < -0.3 is 10.6 Å². The number of hydrogen-bond acceptors (Lipinski definition) is 4. The summed E-state index contributed by atoms with van der Waals surface area (Å²) in [6.45, 7) is 3.06. The lowest BCUT2D eigenvalue weighted by Gasteiger charge is -2.16. The van der Waals surface area contributed by atoms with Crippen LogP contribution in [0.2, 0.25) is 0 Å². The Kier molecular flexibility index (Phi) is 5.48. The van der Waals surface area contributed by atoms with Gasteiger partial charge in [0.1, 0.15) is 5.25 Å². The van der Waals surface area contributed by atoms with Gasteiger partial charge in [0.15, 0.2) is 0 Å². The van der Waals surface area contributed by atoms with Gasteiger partial charge in [0.25, 0.3) is 0 Å². The second-order valence-corrected chi connectivity index (χ2v) is 6.88. The van der Waals surface area contributed by atoms with Crippen molar-refractivity contribution in [1.82, 2.24) is 9.62 Å². The summed E-state index contributed by atoms with van der Waals surface area (Å²) in [5, 5.41) is -0.922. The number of likely N-dealkylation sites (tertiary alicyclic amines) is 1. The van der Waals surface area contributed by atoms with Crippen LogP contribution in [0.4, 0.5) is 0 Å². The van der Waals surface area contributed by atoms with Crippen molar-refractivity contribution in [3.8, 4) is 0 Å². The second-order valence-electron chi connectivity index (χ2n) is 4.32. The van der Waals surface area contributed by atoms with Gasteiger partial charge in [-0.1, -0.05) is 12.2 Å². The minimum atomic E-state index is -3.57. The first-order chi connectivity index (χ1) is 8.34. The number of rotatable bonds is 6. The number of carbonyl (C=O) groups excluding carboxylic acids is 1. The minimum absolute atomic E-state index is 0.0156. The Morgan fingerprint density at radius 1 is 1.44 bits per heavy atom. The number of nitrogens with one attached hydrogen (secondary N) is 1. The number of nitrogens with two attached hydrogens (primary N) is 1. The Hall–Kier alpha value is -0.730. The Morgan fingerprint density at radius 2 is 2.00 bits per heavy atom. The molecule has 0 bridgehead atoms. The summed E-state index contributed by atoms with van der Waals surface area (Å²) in [5.74, 6) is -0.0156. The summed E-state index contributed by atoms with van der Waals surface area (Å²) in [6.07, 6.45) is 2.22. The first kappa shape index (κ1) is 15.3. The first-order valence-corrected chi connectivity index (χ1v) is 7.85. The van der Waals surface area contributed by atoms with Crippen LogP contribution in [0.25, 0.3) is 0 Å². The lowest BCUT2D eigenvalue weighted by atomic mass is 10.4. The Balaban J connectivity index is 2.37.